The molecule has 0 aliphatic carbocycles. The third-order valence-electron chi connectivity index (χ3n) is 3.68. The first-order chi connectivity index (χ1) is 12.0. The van der Waals surface area contributed by atoms with E-state index in [0.717, 1.165) is 10.6 Å². The number of carbonyl (C=O) groups excluding carboxylic acids is 2. The van der Waals surface area contributed by atoms with Crippen molar-refractivity contribution >= 4 is 28.7 Å². The lowest BCUT2D eigenvalue weighted by atomic mass is 10.2. The summed E-state index contributed by atoms with van der Waals surface area (Å²) in [7, 11) is 3.86. The molecule has 1 N–H and O–H groups in total. The van der Waals surface area contributed by atoms with Crippen molar-refractivity contribution in [3.8, 4) is 0 Å². The smallest absolute Gasteiger partial charge is 0.251 e. The maximum Gasteiger partial charge on any atom is 0.251 e. The summed E-state index contributed by atoms with van der Waals surface area (Å²) in [6.07, 6.45) is 1.48. The summed E-state index contributed by atoms with van der Waals surface area (Å²) in [5.74, 6) is 0.0280. The predicted octanol–water partition coefficient (Wildman–Crippen LogP) is 3.57. The van der Waals surface area contributed by atoms with Crippen molar-refractivity contribution in [3.05, 3.63) is 75.9 Å². The summed E-state index contributed by atoms with van der Waals surface area (Å²) in [5, 5.41) is 2.89. The van der Waals surface area contributed by atoms with Crippen LogP contribution in [0.4, 0.5) is 5.69 Å². The minimum Gasteiger partial charge on any atom is -0.461 e. The highest BCUT2D eigenvalue weighted by Gasteiger charge is 2.15. The molecule has 6 heteroatoms. The van der Waals surface area contributed by atoms with Gasteiger partial charge in [0.15, 0.2) is 5.76 Å². The van der Waals surface area contributed by atoms with Crippen molar-refractivity contribution in [2.45, 2.75) is 6.54 Å². The Labute approximate surface area is 149 Å². The lowest BCUT2D eigenvalue weighted by molar-refractivity contribution is 0.0950. The van der Waals surface area contributed by atoms with Gasteiger partial charge in [-0.1, -0.05) is 6.07 Å². The summed E-state index contributed by atoms with van der Waals surface area (Å²) < 4.78 is 5.13. The van der Waals surface area contributed by atoms with Crippen LogP contribution in [0.15, 0.2) is 59.2 Å². The molecule has 1 amide bonds. The van der Waals surface area contributed by atoms with E-state index in [1.165, 1.54) is 17.6 Å². The van der Waals surface area contributed by atoms with Crippen molar-refractivity contribution in [2.24, 2.45) is 0 Å². The Bertz CT molecular complexity index is 882. The first-order valence-corrected chi connectivity index (χ1v) is 8.59. The number of furan rings is 1. The quantitative estimate of drug-likeness (QED) is 0.688. The molecule has 2 aromatic heterocycles. The first kappa shape index (κ1) is 17.0. The van der Waals surface area contributed by atoms with Crippen LogP contribution in [-0.4, -0.2) is 25.8 Å². The highest BCUT2D eigenvalue weighted by atomic mass is 32.1. The van der Waals surface area contributed by atoms with Gasteiger partial charge in [0.1, 0.15) is 0 Å². The standard InChI is InChI=1S/C19H18N2O3S/c1-21(2)14-6-3-5-13(11-14)19(23)20-12-15-8-9-17(25-15)18(22)16-7-4-10-24-16/h3-11H,12H2,1-2H3,(H,20,23). The molecule has 2 heterocycles. The number of nitrogens with one attached hydrogen (secondary N) is 1. The SMILES string of the molecule is CN(C)c1cccc(C(=O)NCc2ccc(C(=O)c3ccco3)s2)c1. The van der Waals surface area contributed by atoms with Crippen molar-refractivity contribution in [1.29, 1.82) is 0 Å². The Kier molecular flexibility index (Phi) is 5.00. The number of carbonyl (C=O) groups is 2. The normalized spacial score (nSPS) is 10.5. The highest BCUT2D eigenvalue weighted by molar-refractivity contribution is 7.14. The third-order valence-corrected chi connectivity index (χ3v) is 4.76. The molecule has 0 aliphatic heterocycles. The number of hydrogen-bond acceptors (Lipinski definition) is 5. The Balaban J connectivity index is 1.63. The molecular formula is C19H18N2O3S. The van der Waals surface area contributed by atoms with Crippen LogP contribution < -0.4 is 10.2 Å². The number of amides is 1. The van der Waals surface area contributed by atoms with Crippen molar-refractivity contribution < 1.29 is 14.0 Å². The molecule has 0 fully saturated rings. The van der Waals surface area contributed by atoms with E-state index in [4.69, 9.17) is 4.42 Å². The van der Waals surface area contributed by atoms with Gasteiger partial charge in [0.2, 0.25) is 5.78 Å². The van der Waals surface area contributed by atoms with Gasteiger partial charge in [-0.3, -0.25) is 9.59 Å². The average Bonchev–Trinajstić information content (AvgIpc) is 3.31. The van der Waals surface area contributed by atoms with Gasteiger partial charge in [-0.25, -0.2) is 0 Å². The Morgan fingerprint density at radius 2 is 1.96 bits per heavy atom. The molecule has 0 saturated carbocycles. The van der Waals surface area contributed by atoms with Crippen LogP contribution in [-0.2, 0) is 6.54 Å². The van der Waals surface area contributed by atoms with Gasteiger partial charge >= 0.3 is 0 Å². The number of hydrogen-bond donors (Lipinski definition) is 1. The number of nitrogens with zero attached hydrogens (tertiary/aromatic N) is 1. The molecule has 0 saturated heterocycles. The zero-order valence-electron chi connectivity index (χ0n) is 14.0. The van der Waals surface area contributed by atoms with E-state index in [0.29, 0.717) is 22.7 Å². The second-order valence-corrected chi connectivity index (χ2v) is 6.87. The van der Waals surface area contributed by atoms with Crippen LogP contribution in [0.2, 0.25) is 0 Å². The van der Waals surface area contributed by atoms with E-state index < -0.39 is 0 Å². The second-order valence-electron chi connectivity index (χ2n) is 5.70. The van der Waals surface area contributed by atoms with E-state index in [9.17, 15) is 9.59 Å². The summed E-state index contributed by atoms with van der Waals surface area (Å²) >= 11 is 1.35. The maximum atomic E-state index is 12.3. The lowest BCUT2D eigenvalue weighted by Crippen LogP contribution is -2.22. The monoisotopic (exact) mass is 354 g/mol. The third kappa shape index (κ3) is 3.97. The van der Waals surface area contributed by atoms with Gasteiger partial charge in [-0.05, 0) is 42.5 Å². The molecule has 0 spiro atoms. The molecule has 1 aromatic carbocycles. The number of ketones is 1. The highest BCUT2D eigenvalue weighted by Crippen LogP contribution is 2.20. The Morgan fingerprint density at radius 3 is 2.68 bits per heavy atom. The Morgan fingerprint density at radius 1 is 1.12 bits per heavy atom. The largest absolute Gasteiger partial charge is 0.461 e. The topological polar surface area (TPSA) is 62.6 Å². The minimum absolute atomic E-state index is 0.143. The summed E-state index contributed by atoms with van der Waals surface area (Å²) in [6.45, 7) is 0.376. The van der Waals surface area contributed by atoms with Crippen LogP contribution in [0.3, 0.4) is 0 Å². The van der Waals surface area contributed by atoms with Crippen LogP contribution in [0.1, 0.15) is 30.7 Å². The van der Waals surface area contributed by atoms with Crippen molar-refractivity contribution in [2.75, 3.05) is 19.0 Å². The van der Waals surface area contributed by atoms with Gasteiger partial charge in [0, 0.05) is 30.2 Å². The molecule has 0 aliphatic rings. The van der Waals surface area contributed by atoms with E-state index in [-0.39, 0.29) is 11.7 Å². The van der Waals surface area contributed by atoms with Gasteiger partial charge in [0.25, 0.3) is 5.91 Å². The molecule has 0 unspecified atom stereocenters. The average molecular weight is 354 g/mol. The van der Waals surface area contributed by atoms with E-state index in [1.807, 2.05) is 43.3 Å². The fourth-order valence-electron chi connectivity index (χ4n) is 2.32. The molecule has 25 heavy (non-hydrogen) atoms. The molecule has 128 valence electrons. The summed E-state index contributed by atoms with van der Waals surface area (Å²) in [6, 6.07) is 14.3. The molecular weight excluding hydrogens is 336 g/mol. The molecule has 5 nitrogen and oxygen atoms in total. The fourth-order valence-corrected chi connectivity index (χ4v) is 3.21. The molecule has 3 aromatic rings. The second kappa shape index (κ2) is 7.36. The van der Waals surface area contributed by atoms with E-state index >= 15 is 0 Å². The molecule has 3 rings (SSSR count). The summed E-state index contributed by atoms with van der Waals surface area (Å²) in [4.78, 5) is 28.0. The van der Waals surface area contributed by atoms with Gasteiger partial charge in [0.05, 0.1) is 17.7 Å². The maximum absolute atomic E-state index is 12.3. The number of rotatable bonds is 6. The van der Waals surface area contributed by atoms with Crippen LogP contribution in [0.5, 0.6) is 0 Å². The lowest BCUT2D eigenvalue weighted by Gasteiger charge is -2.13. The zero-order valence-corrected chi connectivity index (χ0v) is 14.8. The van der Waals surface area contributed by atoms with Crippen molar-refractivity contribution in [1.82, 2.24) is 5.32 Å². The van der Waals surface area contributed by atoms with Crippen molar-refractivity contribution in [3.63, 3.8) is 0 Å². The number of benzene rings is 1. The first-order valence-electron chi connectivity index (χ1n) is 7.77. The van der Waals surface area contributed by atoms with Crippen LogP contribution >= 0.6 is 11.3 Å². The Hall–Kier alpha value is -2.86. The predicted molar refractivity (Wildman–Crippen MR) is 98.4 cm³/mol. The molecule has 0 bridgehead atoms. The zero-order chi connectivity index (χ0) is 17.8. The number of anilines is 1. The minimum atomic E-state index is -0.147. The van der Waals surface area contributed by atoms with Gasteiger partial charge in [-0.15, -0.1) is 11.3 Å². The van der Waals surface area contributed by atoms with Crippen LogP contribution in [0, 0.1) is 0 Å². The fraction of sp³-hybridized carbons (Fsp3) is 0.158. The molecule has 0 atom stereocenters. The van der Waals surface area contributed by atoms with Gasteiger partial charge in [-0.2, -0.15) is 0 Å². The van der Waals surface area contributed by atoms with E-state index in [1.54, 1.807) is 24.3 Å². The van der Waals surface area contributed by atoms with Crippen LogP contribution in [0.25, 0.3) is 0 Å². The molecule has 0 radical (unpaired) electrons. The van der Waals surface area contributed by atoms with E-state index in [2.05, 4.69) is 5.32 Å². The van der Waals surface area contributed by atoms with Gasteiger partial charge < -0.3 is 14.6 Å². The summed E-state index contributed by atoms with van der Waals surface area (Å²) in [5.41, 5.74) is 1.57. The number of thiophene rings is 1.